The lowest BCUT2D eigenvalue weighted by Crippen LogP contribution is -2.48. The van der Waals surface area contributed by atoms with E-state index in [9.17, 15) is 4.79 Å². The number of benzene rings is 1. The number of rotatable bonds is 5. The van der Waals surface area contributed by atoms with Crippen molar-refractivity contribution in [1.82, 2.24) is 15.6 Å². The van der Waals surface area contributed by atoms with Crippen LogP contribution in [0.1, 0.15) is 35.3 Å². The molecule has 6 nitrogen and oxygen atoms in total. The molecule has 1 aromatic heterocycles. The summed E-state index contributed by atoms with van der Waals surface area (Å²) in [7, 11) is 0. The molecular weight excluding hydrogens is 330 g/mol. The molecular formula is C20H25N3O3. The monoisotopic (exact) mass is 355 g/mol. The quantitative estimate of drug-likeness (QED) is 0.862. The van der Waals surface area contributed by atoms with Crippen molar-refractivity contribution in [2.45, 2.75) is 32.9 Å². The van der Waals surface area contributed by atoms with E-state index in [1.54, 1.807) is 12.3 Å². The minimum atomic E-state index is -0.563. The topological polar surface area (TPSA) is 72.5 Å². The number of carbonyl (C=O) groups is 1. The van der Waals surface area contributed by atoms with E-state index in [1.165, 1.54) is 0 Å². The highest BCUT2D eigenvalue weighted by atomic mass is 16.5. The number of aromatic nitrogens is 1. The fraction of sp³-hybridized carbons (Fsp3) is 0.400. The van der Waals surface area contributed by atoms with E-state index in [0.29, 0.717) is 37.0 Å². The van der Waals surface area contributed by atoms with Gasteiger partial charge in [0.1, 0.15) is 19.0 Å². The normalized spacial score (nSPS) is 14.0. The zero-order valence-corrected chi connectivity index (χ0v) is 15.5. The molecule has 2 heterocycles. The number of nitrogens with zero attached hydrogens (tertiary/aromatic N) is 1. The van der Waals surface area contributed by atoms with Crippen molar-refractivity contribution in [2.75, 3.05) is 19.8 Å². The van der Waals surface area contributed by atoms with Crippen LogP contribution in [-0.4, -0.2) is 36.2 Å². The number of hydrogen-bond donors (Lipinski definition) is 2. The molecule has 1 aromatic carbocycles. The summed E-state index contributed by atoms with van der Waals surface area (Å²) < 4.78 is 11.6. The molecule has 0 bridgehead atoms. The van der Waals surface area contributed by atoms with Gasteiger partial charge >= 0.3 is 0 Å². The van der Waals surface area contributed by atoms with Crippen molar-refractivity contribution in [2.24, 2.45) is 0 Å². The van der Waals surface area contributed by atoms with Gasteiger partial charge < -0.3 is 20.1 Å². The van der Waals surface area contributed by atoms with Crippen LogP contribution in [-0.2, 0) is 6.54 Å². The molecule has 0 aliphatic carbocycles. The molecule has 1 aliphatic heterocycles. The Morgan fingerprint density at radius 1 is 1.35 bits per heavy atom. The summed E-state index contributed by atoms with van der Waals surface area (Å²) in [5.41, 5.74) is 1.94. The Labute approximate surface area is 153 Å². The number of pyridine rings is 1. The molecule has 0 fully saturated rings. The van der Waals surface area contributed by atoms with Crippen LogP contribution in [0, 0.1) is 6.92 Å². The average Bonchev–Trinajstić information content (AvgIpc) is 2.86. The molecule has 1 amide bonds. The lowest BCUT2D eigenvalue weighted by molar-refractivity contribution is 0.0874. The lowest BCUT2D eigenvalue weighted by Gasteiger charge is -2.27. The van der Waals surface area contributed by atoms with Crippen molar-refractivity contribution >= 4 is 5.91 Å². The highest BCUT2D eigenvalue weighted by molar-refractivity contribution is 5.97. The summed E-state index contributed by atoms with van der Waals surface area (Å²) in [6.45, 7) is 8.11. The second-order valence-electron chi connectivity index (χ2n) is 7.07. The van der Waals surface area contributed by atoms with Crippen LogP contribution < -0.4 is 20.1 Å². The van der Waals surface area contributed by atoms with Crippen molar-refractivity contribution in [3.63, 3.8) is 0 Å². The molecule has 0 atom stereocenters. The van der Waals surface area contributed by atoms with E-state index in [-0.39, 0.29) is 5.91 Å². The van der Waals surface area contributed by atoms with Gasteiger partial charge in [-0.25, -0.2) is 4.98 Å². The van der Waals surface area contributed by atoms with Gasteiger partial charge in [0.15, 0.2) is 0 Å². The van der Waals surface area contributed by atoms with Gasteiger partial charge in [0.2, 0.25) is 5.88 Å². The van der Waals surface area contributed by atoms with E-state index >= 15 is 0 Å². The number of nitrogens with one attached hydrogen (secondary N) is 2. The molecule has 2 N–H and O–H groups in total. The number of amides is 1. The van der Waals surface area contributed by atoms with Crippen LogP contribution in [0.5, 0.6) is 11.6 Å². The molecule has 0 radical (unpaired) electrons. The molecule has 1 aliphatic rings. The standard InChI is InChI=1S/C20H25N3O3/c1-14-6-5-9-22-19(14)26-13-20(2,3)23-18(24)16-8-4-7-15-12-21-10-11-25-17(15)16/h4-9,21H,10-13H2,1-3H3,(H,23,24). The van der Waals surface area contributed by atoms with Crippen molar-refractivity contribution in [3.05, 3.63) is 53.2 Å². The van der Waals surface area contributed by atoms with Crippen LogP contribution in [0.15, 0.2) is 36.5 Å². The van der Waals surface area contributed by atoms with E-state index in [0.717, 1.165) is 17.7 Å². The molecule has 138 valence electrons. The summed E-state index contributed by atoms with van der Waals surface area (Å²) in [4.78, 5) is 17.1. The predicted octanol–water partition coefficient (Wildman–Crippen LogP) is 2.46. The maximum absolute atomic E-state index is 12.8. The fourth-order valence-corrected chi connectivity index (χ4v) is 2.80. The van der Waals surface area contributed by atoms with Crippen molar-refractivity contribution in [3.8, 4) is 11.6 Å². The fourth-order valence-electron chi connectivity index (χ4n) is 2.80. The van der Waals surface area contributed by atoms with E-state index < -0.39 is 5.54 Å². The summed E-state index contributed by atoms with van der Waals surface area (Å²) in [5, 5.41) is 6.32. The third-order valence-corrected chi connectivity index (χ3v) is 4.16. The smallest absolute Gasteiger partial charge is 0.255 e. The van der Waals surface area contributed by atoms with Crippen molar-refractivity contribution in [1.29, 1.82) is 0 Å². The number of hydrogen-bond acceptors (Lipinski definition) is 5. The van der Waals surface area contributed by atoms with Gasteiger partial charge in [-0.1, -0.05) is 18.2 Å². The van der Waals surface area contributed by atoms with Gasteiger partial charge in [-0.05, 0) is 32.9 Å². The molecule has 0 spiro atoms. The number of aryl methyl sites for hydroxylation is 1. The van der Waals surface area contributed by atoms with Crippen LogP contribution in [0.4, 0.5) is 0 Å². The molecule has 2 aromatic rings. The van der Waals surface area contributed by atoms with Crippen molar-refractivity contribution < 1.29 is 14.3 Å². The third-order valence-electron chi connectivity index (χ3n) is 4.16. The third kappa shape index (κ3) is 4.32. The molecule has 0 saturated heterocycles. The predicted molar refractivity (Wildman–Crippen MR) is 99.7 cm³/mol. The number of para-hydroxylation sites is 1. The zero-order valence-electron chi connectivity index (χ0n) is 15.5. The minimum Gasteiger partial charge on any atom is -0.491 e. The van der Waals surface area contributed by atoms with Crippen LogP contribution >= 0.6 is 0 Å². The first-order valence-corrected chi connectivity index (χ1v) is 8.79. The first-order chi connectivity index (χ1) is 12.5. The lowest BCUT2D eigenvalue weighted by atomic mass is 10.0. The number of carbonyl (C=O) groups excluding carboxylic acids is 1. The highest BCUT2D eigenvalue weighted by Gasteiger charge is 2.26. The summed E-state index contributed by atoms with van der Waals surface area (Å²) >= 11 is 0. The van der Waals surface area contributed by atoms with Gasteiger partial charge in [0.25, 0.3) is 5.91 Å². The second-order valence-corrected chi connectivity index (χ2v) is 7.07. The summed E-state index contributed by atoms with van der Waals surface area (Å²) in [6, 6.07) is 9.45. The van der Waals surface area contributed by atoms with Gasteiger partial charge in [-0.15, -0.1) is 0 Å². The van der Waals surface area contributed by atoms with Gasteiger partial charge in [-0.2, -0.15) is 0 Å². The van der Waals surface area contributed by atoms with Crippen LogP contribution in [0.25, 0.3) is 0 Å². The Balaban J connectivity index is 1.70. The summed E-state index contributed by atoms with van der Waals surface area (Å²) in [5.74, 6) is 1.07. The first-order valence-electron chi connectivity index (χ1n) is 8.79. The van der Waals surface area contributed by atoms with E-state index in [4.69, 9.17) is 9.47 Å². The summed E-state index contributed by atoms with van der Waals surface area (Å²) in [6.07, 6.45) is 1.69. The SMILES string of the molecule is Cc1cccnc1OCC(C)(C)NC(=O)c1cccc2c1OCCNC2. The molecule has 26 heavy (non-hydrogen) atoms. The Kier molecular flexibility index (Phi) is 5.42. The second kappa shape index (κ2) is 7.74. The van der Waals surface area contributed by atoms with Gasteiger partial charge in [0.05, 0.1) is 11.1 Å². The highest BCUT2D eigenvalue weighted by Crippen LogP contribution is 2.26. The average molecular weight is 355 g/mol. The molecule has 0 unspecified atom stereocenters. The van der Waals surface area contributed by atoms with Gasteiger partial charge in [-0.3, -0.25) is 4.79 Å². The Bertz CT molecular complexity index is 790. The Morgan fingerprint density at radius 2 is 2.19 bits per heavy atom. The van der Waals surface area contributed by atoms with Gasteiger partial charge in [0, 0.05) is 30.4 Å². The Hall–Kier alpha value is -2.60. The number of fused-ring (bicyclic) bond motifs is 1. The van der Waals surface area contributed by atoms with E-state index in [2.05, 4.69) is 15.6 Å². The zero-order chi connectivity index (χ0) is 18.6. The van der Waals surface area contributed by atoms with Crippen LogP contribution in [0.3, 0.4) is 0 Å². The largest absolute Gasteiger partial charge is 0.491 e. The minimum absolute atomic E-state index is 0.171. The molecule has 6 heteroatoms. The van der Waals surface area contributed by atoms with Crippen LogP contribution in [0.2, 0.25) is 0 Å². The molecule has 3 rings (SSSR count). The number of ether oxygens (including phenoxy) is 2. The first kappa shape index (κ1) is 18.2. The maximum atomic E-state index is 12.8. The van der Waals surface area contributed by atoms with E-state index in [1.807, 2.05) is 45.0 Å². The maximum Gasteiger partial charge on any atom is 0.255 e. The molecule has 0 saturated carbocycles. The Morgan fingerprint density at radius 3 is 3.00 bits per heavy atom.